The van der Waals surface area contributed by atoms with Gasteiger partial charge in [-0.05, 0) is 0 Å². The molecule has 0 fully saturated rings. The van der Waals surface area contributed by atoms with Gasteiger partial charge in [-0.1, -0.05) is 30.3 Å². The number of hydrogen-bond donors (Lipinski definition) is 0. The minimum absolute atomic E-state index is 0.144. The van der Waals surface area contributed by atoms with Crippen molar-refractivity contribution in [1.82, 2.24) is 15.0 Å². The molecule has 2 aromatic heterocycles. The van der Waals surface area contributed by atoms with Gasteiger partial charge in [0.1, 0.15) is 0 Å². The summed E-state index contributed by atoms with van der Waals surface area (Å²) in [5.74, 6) is 1.98. The van der Waals surface area contributed by atoms with E-state index >= 15 is 0 Å². The summed E-state index contributed by atoms with van der Waals surface area (Å²) in [6.07, 6.45) is 0. The van der Waals surface area contributed by atoms with Gasteiger partial charge in [-0.15, -0.1) is 0 Å². The predicted molar refractivity (Wildman–Crippen MR) is 214 cm³/mol. The first-order valence-electron chi connectivity index (χ1n) is 17.1. The van der Waals surface area contributed by atoms with Gasteiger partial charge >= 0.3 is 272 Å². The maximum absolute atomic E-state index is 5.15. The largest absolute Gasteiger partial charge is 0.0617 e. The third-order valence-electron chi connectivity index (χ3n) is 9.70. The third kappa shape index (κ3) is 5.25. The van der Waals surface area contributed by atoms with Gasteiger partial charge in [0.2, 0.25) is 0 Å². The molecule has 0 saturated carbocycles. The van der Waals surface area contributed by atoms with Crippen LogP contribution in [0.1, 0.15) is 0 Å². The summed E-state index contributed by atoms with van der Waals surface area (Å²) in [6.45, 7) is 0. The number of nitrogens with zero attached hydrogens (tertiary/aromatic N) is 3. The van der Waals surface area contributed by atoms with Gasteiger partial charge in [0.05, 0.1) is 0 Å². The Labute approximate surface area is 301 Å². The molecule has 0 unspecified atom stereocenters. The van der Waals surface area contributed by atoms with Crippen LogP contribution in [0.15, 0.2) is 176 Å². The van der Waals surface area contributed by atoms with E-state index in [2.05, 4.69) is 152 Å². The minimum atomic E-state index is 0.144. The van der Waals surface area contributed by atoms with E-state index in [0.29, 0.717) is 17.5 Å². The van der Waals surface area contributed by atoms with Crippen LogP contribution in [0.2, 0.25) is 0 Å². The molecule has 10 rings (SSSR count). The number of hydrogen-bond acceptors (Lipinski definition) is 3. The van der Waals surface area contributed by atoms with E-state index in [4.69, 9.17) is 15.0 Å². The van der Waals surface area contributed by atoms with Crippen LogP contribution in [-0.4, -0.2) is 29.5 Å². The molecule has 4 heteroatoms. The second-order valence-corrected chi connectivity index (χ2v) is 15.0. The molecule has 2 heterocycles. The molecule has 0 saturated heterocycles. The van der Waals surface area contributed by atoms with Crippen molar-refractivity contribution in [3.63, 3.8) is 0 Å². The van der Waals surface area contributed by atoms with Crippen LogP contribution >= 0.6 is 0 Å². The van der Waals surface area contributed by atoms with Crippen molar-refractivity contribution in [2.75, 3.05) is 0 Å². The fourth-order valence-electron chi connectivity index (χ4n) is 7.19. The first-order chi connectivity index (χ1) is 25.3. The molecule has 10 aromatic rings. The summed E-state index contributed by atoms with van der Waals surface area (Å²) in [5.41, 5.74) is 7.78. The van der Waals surface area contributed by atoms with Gasteiger partial charge in [-0.3, -0.25) is 0 Å². The Morgan fingerprint density at radius 1 is 0.314 bits per heavy atom. The van der Waals surface area contributed by atoms with E-state index < -0.39 is 0 Å². The summed E-state index contributed by atoms with van der Waals surface area (Å²) in [6, 6.07) is 62.4. The van der Waals surface area contributed by atoms with Crippen LogP contribution in [0.3, 0.4) is 0 Å². The molecule has 0 radical (unpaired) electrons. The van der Waals surface area contributed by atoms with Crippen LogP contribution in [-0.2, 0) is 0 Å². The summed E-state index contributed by atoms with van der Waals surface area (Å²) in [7, 11) is 0. The summed E-state index contributed by atoms with van der Waals surface area (Å²) >= 11 is 0.144. The fourth-order valence-corrected chi connectivity index (χ4v) is 10.1. The van der Waals surface area contributed by atoms with Gasteiger partial charge in [-0.2, -0.15) is 0 Å². The zero-order valence-corrected chi connectivity index (χ0v) is 29.2. The van der Waals surface area contributed by atoms with E-state index in [-0.39, 0.29) is 14.5 Å². The minimum Gasteiger partial charge on any atom is -0.0617 e. The summed E-state index contributed by atoms with van der Waals surface area (Å²) < 4.78 is 2.90. The molecule has 0 aliphatic rings. The molecule has 0 N–H and O–H groups in total. The SMILES string of the molecule is c1ccc(-c2cccc(-c3nc(-c4ccccc4)nc(-c4ccc5ccc6ccc7c8cccc(-c9ccccc9)c8[se]c7c6c5c4)n3)c2)cc1. The topological polar surface area (TPSA) is 38.7 Å². The average Bonchev–Trinajstić information content (AvgIpc) is 3.60. The van der Waals surface area contributed by atoms with Crippen LogP contribution in [0.4, 0.5) is 0 Å². The standard InChI is InChI=1S/C47H29N3Se/c1-4-12-30(13-5-1)35-18-10-19-36(28-35)46-48-45(34-16-8-3-9-17-34)49-47(50-46)37-25-23-32-22-24-33-26-27-40-39-21-11-20-38(31-14-6-2-7-15-31)43(39)51-44(40)42(33)41(32)29-37/h1-29H. The van der Waals surface area contributed by atoms with Crippen molar-refractivity contribution in [3.05, 3.63) is 176 Å². The molecule has 3 nitrogen and oxygen atoms in total. The first kappa shape index (κ1) is 29.7. The monoisotopic (exact) mass is 715 g/mol. The maximum atomic E-state index is 5.15. The number of fused-ring (bicyclic) bond motifs is 7. The van der Waals surface area contributed by atoms with Crippen LogP contribution in [0.25, 0.3) is 97.3 Å². The predicted octanol–water partition coefficient (Wildman–Crippen LogP) is 11.9. The Morgan fingerprint density at radius 3 is 1.59 bits per heavy atom. The maximum Gasteiger partial charge on any atom is -0.0544 e. The van der Waals surface area contributed by atoms with Crippen LogP contribution < -0.4 is 0 Å². The molecular weight excluding hydrogens is 685 g/mol. The molecule has 0 aliphatic heterocycles. The van der Waals surface area contributed by atoms with Gasteiger partial charge in [0, 0.05) is 0 Å². The zero-order valence-electron chi connectivity index (χ0n) is 27.5. The summed E-state index contributed by atoms with van der Waals surface area (Å²) in [5, 5.41) is 7.73. The van der Waals surface area contributed by atoms with Crippen molar-refractivity contribution < 1.29 is 0 Å². The van der Waals surface area contributed by atoms with E-state index in [9.17, 15) is 0 Å². The van der Waals surface area contributed by atoms with E-state index in [1.807, 2.05) is 24.3 Å². The Bertz CT molecular complexity index is 2900. The quantitative estimate of drug-likeness (QED) is 0.132. The molecule has 8 aromatic carbocycles. The summed E-state index contributed by atoms with van der Waals surface area (Å²) in [4.78, 5) is 15.3. The number of aromatic nitrogens is 3. The van der Waals surface area contributed by atoms with Crippen molar-refractivity contribution in [2.45, 2.75) is 0 Å². The van der Waals surface area contributed by atoms with Crippen LogP contribution in [0, 0.1) is 0 Å². The Kier molecular flexibility index (Phi) is 7.16. The second kappa shape index (κ2) is 12.3. The number of benzene rings is 8. The van der Waals surface area contributed by atoms with Crippen molar-refractivity contribution in [2.24, 2.45) is 0 Å². The molecular formula is C47H29N3Se. The van der Waals surface area contributed by atoms with E-state index in [1.165, 1.54) is 52.0 Å². The van der Waals surface area contributed by atoms with Gasteiger partial charge in [0.25, 0.3) is 0 Å². The van der Waals surface area contributed by atoms with Crippen molar-refractivity contribution >= 4 is 55.3 Å². The average molecular weight is 715 g/mol. The molecule has 51 heavy (non-hydrogen) atoms. The van der Waals surface area contributed by atoms with E-state index in [1.54, 1.807) is 0 Å². The smallest absolute Gasteiger partial charge is 0.0544 e. The molecule has 0 spiro atoms. The molecule has 0 bridgehead atoms. The normalized spacial score (nSPS) is 11.5. The van der Waals surface area contributed by atoms with E-state index in [0.717, 1.165) is 27.8 Å². The Hall–Kier alpha value is -6.19. The molecule has 0 atom stereocenters. The van der Waals surface area contributed by atoms with Crippen molar-refractivity contribution in [1.29, 1.82) is 0 Å². The van der Waals surface area contributed by atoms with Gasteiger partial charge < -0.3 is 0 Å². The van der Waals surface area contributed by atoms with Crippen molar-refractivity contribution in [3.8, 4) is 56.4 Å². The van der Waals surface area contributed by atoms with Gasteiger partial charge in [0.15, 0.2) is 0 Å². The third-order valence-corrected chi connectivity index (χ3v) is 12.4. The molecule has 0 amide bonds. The second-order valence-electron chi connectivity index (χ2n) is 12.8. The molecule has 238 valence electrons. The van der Waals surface area contributed by atoms with Crippen LogP contribution in [0.5, 0.6) is 0 Å². The fraction of sp³-hybridized carbons (Fsp3) is 0. The zero-order chi connectivity index (χ0) is 33.7. The van der Waals surface area contributed by atoms with Gasteiger partial charge in [-0.25, -0.2) is 0 Å². The number of rotatable bonds is 5. The Morgan fingerprint density at radius 2 is 0.843 bits per heavy atom. The Balaban J connectivity index is 1.19. The molecule has 0 aliphatic carbocycles. The first-order valence-corrected chi connectivity index (χ1v) is 18.8.